The molecule has 8 heteroatoms. The van der Waals surface area contributed by atoms with E-state index >= 15 is 0 Å². The Morgan fingerprint density at radius 3 is 2.48 bits per heavy atom. The molecule has 0 saturated carbocycles. The summed E-state index contributed by atoms with van der Waals surface area (Å²) >= 11 is 6.93. The number of rotatable bonds is 7. The Balaban J connectivity index is 1.67. The third-order valence-electron chi connectivity index (χ3n) is 2.96. The highest BCUT2D eigenvalue weighted by Gasteiger charge is 2.09. The summed E-state index contributed by atoms with van der Waals surface area (Å²) in [6.45, 7) is -0.405. The van der Waals surface area contributed by atoms with Crippen LogP contribution in [0.5, 0.6) is 0 Å². The van der Waals surface area contributed by atoms with Crippen LogP contribution in [0, 0.1) is 11.6 Å². The van der Waals surface area contributed by atoms with Gasteiger partial charge in [0.1, 0.15) is 0 Å². The second-order valence-electron chi connectivity index (χ2n) is 4.89. The Labute approximate surface area is 152 Å². The number of benzene rings is 2. The van der Waals surface area contributed by atoms with E-state index in [4.69, 9.17) is 16.3 Å². The van der Waals surface area contributed by atoms with Gasteiger partial charge in [-0.15, -0.1) is 11.8 Å². The number of anilines is 1. The van der Waals surface area contributed by atoms with Gasteiger partial charge < -0.3 is 10.1 Å². The molecular formula is C17H14ClF2NO3S. The molecule has 132 valence electrons. The average molecular weight is 386 g/mol. The molecule has 0 unspecified atom stereocenters. The summed E-state index contributed by atoms with van der Waals surface area (Å²) in [6.07, 6.45) is 0.0396. The molecule has 1 amide bonds. The normalized spacial score (nSPS) is 10.4. The van der Waals surface area contributed by atoms with Crippen LogP contribution in [0.1, 0.15) is 6.42 Å². The van der Waals surface area contributed by atoms with Crippen molar-refractivity contribution in [3.8, 4) is 0 Å². The first-order chi connectivity index (χ1) is 11.9. The van der Waals surface area contributed by atoms with Gasteiger partial charge in [0.15, 0.2) is 18.2 Å². The maximum atomic E-state index is 13.0. The smallest absolute Gasteiger partial charge is 0.307 e. The second-order valence-corrected chi connectivity index (χ2v) is 6.49. The summed E-state index contributed by atoms with van der Waals surface area (Å²) in [5.74, 6) is -2.56. The van der Waals surface area contributed by atoms with Gasteiger partial charge in [0.05, 0.1) is 6.42 Å². The van der Waals surface area contributed by atoms with Crippen molar-refractivity contribution in [2.24, 2.45) is 0 Å². The molecule has 0 aliphatic carbocycles. The SMILES string of the molecule is O=C(COC(=O)CCSc1ccc(F)c(F)c1)Nc1ccc(Cl)cc1. The number of carbonyl (C=O) groups excluding carboxylic acids is 2. The van der Waals surface area contributed by atoms with Crippen molar-refractivity contribution >= 4 is 40.9 Å². The van der Waals surface area contributed by atoms with Gasteiger partial charge in [-0.2, -0.15) is 0 Å². The lowest BCUT2D eigenvalue weighted by atomic mass is 10.3. The molecule has 0 saturated heterocycles. The van der Waals surface area contributed by atoms with Gasteiger partial charge in [-0.05, 0) is 42.5 Å². The Bertz CT molecular complexity index is 756. The van der Waals surface area contributed by atoms with Crippen LogP contribution in [0.25, 0.3) is 0 Å². The van der Waals surface area contributed by atoms with E-state index in [1.807, 2.05) is 0 Å². The van der Waals surface area contributed by atoms with Crippen molar-refractivity contribution in [3.63, 3.8) is 0 Å². The fraction of sp³-hybridized carbons (Fsp3) is 0.176. The molecule has 0 aliphatic heterocycles. The molecule has 2 rings (SSSR count). The maximum absolute atomic E-state index is 13.0. The number of hydrogen-bond acceptors (Lipinski definition) is 4. The van der Waals surface area contributed by atoms with Crippen molar-refractivity contribution in [1.82, 2.24) is 0 Å². The first kappa shape index (κ1) is 19.2. The van der Waals surface area contributed by atoms with E-state index in [2.05, 4.69) is 5.32 Å². The molecule has 0 heterocycles. The molecule has 0 spiro atoms. The Morgan fingerprint density at radius 1 is 1.08 bits per heavy atom. The number of esters is 1. The van der Waals surface area contributed by atoms with Crippen LogP contribution in [0.3, 0.4) is 0 Å². The fourth-order valence-electron chi connectivity index (χ4n) is 1.77. The van der Waals surface area contributed by atoms with E-state index in [-0.39, 0.29) is 6.42 Å². The van der Waals surface area contributed by atoms with E-state index in [0.29, 0.717) is 21.4 Å². The van der Waals surface area contributed by atoms with Crippen LogP contribution in [0.15, 0.2) is 47.4 Å². The molecule has 0 aliphatic rings. The fourth-order valence-corrected chi connectivity index (χ4v) is 2.75. The number of carbonyl (C=O) groups is 2. The van der Waals surface area contributed by atoms with Gasteiger partial charge in [-0.3, -0.25) is 9.59 Å². The van der Waals surface area contributed by atoms with Gasteiger partial charge in [-0.25, -0.2) is 8.78 Å². The second kappa shape index (κ2) is 9.39. The minimum Gasteiger partial charge on any atom is -0.456 e. The van der Waals surface area contributed by atoms with E-state index in [9.17, 15) is 18.4 Å². The van der Waals surface area contributed by atoms with Crippen molar-refractivity contribution in [2.45, 2.75) is 11.3 Å². The molecule has 1 N–H and O–H groups in total. The van der Waals surface area contributed by atoms with Gasteiger partial charge in [0.2, 0.25) is 0 Å². The number of nitrogens with one attached hydrogen (secondary N) is 1. The highest BCUT2D eigenvalue weighted by molar-refractivity contribution is 7.99. The quantitative estimate of drug-likeness (QED) is 0.571. The average Bonchev–Trinajstić information content (AvgIpc) is 2.58. The van der Waals surface area contributed by atoms with Crippen LogP contribution in [-0.4, -0.2) is 24.2 Å². The molecule has 2 aromatic rings. The van der Waals surface area contributed by atoms with Crippen LogP contribution in [-0.2, 0) is 14.3 Å². The predicted octanol–water partition coefficient (Wildman–Crippen LogP) is 4.28. The lowest BCUT2D eigenvalue weighted by Crippen LogP contribution is -2.21. The molecule has 0 aromatic heterocycles. The summed E-state index contributed by atoms with van der Waals surface area (Å²) in [6, 6.07) is 10.0. The largest absolute Gasteiger partial charge is 0.456 e. The molecule has 2 aromatic carbocycles. The van der Waals surface area contributed by atoms with Gasteiger partial charge in [0.25, 0.3) is 5.91 Å². The van der Waals surface area contributed by atoms with Crippen molar-refractivity contribution in [1.29, 1.82) is 0 Å². The summed E-state index contributed by atoms with van der Waals surface area (Å²) < 4.78 is 30.7. The van der Waals surface area contributed by atoms with Crippen LogP contribution in [0.4, 0.5) is 14.5 Å². The lowest BCUT2D eigenvalue weighted by molar-refractivity contribution is -0.146. The summed E-state index contributed by atoms with van der Waals surface area (Å²) in [5, 5.41) is 3.11. The summed E-state index contributed by atoms with van der Waals surface area (Å²) in [5.41, 5.74) is 0.541. The maximum Gasteiger partial charge on any atom is 0.307 e. The van der Waals surface area contributed by atoms with Crippen molar-refractivity contribution in [2.75, 3.05) is 17.7 Å². The zero-order valence-electron chi connectivity index (χ0n) is 12.9. The highest BCUT2D eigenvalue weighted by Crippen LogP contribution is 2.21. The van der Waals surface area contributed by atoms with Gasteiger partial charge in [0, 0.05) is 21.4 Å². The molecular weight excluding hydrogens is 372 g/mol. The number of halogens is 3. The molecule has 0 bridgehead atoms. The Morgan fingerprint density at radius 2 is 1.80 bits per heavy atom. The first-order valence-corrected chi connectivity index (χ1v) is 8.59. The number of hydrogen-bond donors (Lipinski definition) is 1. The van der Waals surface area contributed by atoms with E-state index in [1.165, 1.54) is 17.8 Å². The number of thioether (sulfide) groups is 1. The first-order valence-electron chi connectivity index (χ1n) is 7.23. The standard InChI is InChI=1S/C17H14ClF2NO3S/c18-11-1-3-12(4-2-11)21-16(22)10-24-17(23)7-8-25-13-5-6-14(19)15(20)9-13/h1-6,9H,7-8,10H2,(H,21,22). The molecule has 0 atom stereocenters. The number of ether oxygens (including phenoxy) is 1. The monoisotopic (exact) mass is 385 g/mol. The highest BCUT2D eigenvalue weighted by atomic mass is 35.5. The van der Waals surface area contributed by atoms with Crippen LogP contribution in [0.2, 0.25) is 5.02 Å². The minimum atomic E-state index is -0.938. The van der Waals surface area contributed by atoms with E-state index in [0.717, 1.165) is 12.1 Å². The minimum absolute atomic E-state index is 0.0396. The molecule has 4 nitrogen and oxygen atoms in total. The Hall–Kier alpha value is -2.12. The van der Waals surface area contributed by atoms with E-state index < -0.39 is 30.1 Å². The lowest BCUT2D eigenvalue weighted by Gasteiger charge is -2.07. The molecule has 25 heavy (non-hydrogen) atoms. The van der Waals surface area contributed by atoms with Crippen molar-refractivity contribution in [3.05, 3.63) is 59.1 Å². The summed E-state index contributed by atoms with van der Waals surface area (Å²) in [7, 11) is 0. The van der Waals surface area contributed by atoms with Gasteiger partial charge in [-0.1, -0.05) is 11.6 Å². The zero-order valence-corrected chi connectivity index (χ0v) is 14.5. The van der Waals surface area contributed by atoms with Gasteiger partial charge >= 0.3 is 5.97 Å². The molecule has 0 radical (unpaired) electrons. The summed E-state index contributed by atoms with van der Waals surface area (Å²) in [4.78, 5) is 23.8. The van der Waals surface area contributed by atoms with Crippen molar-refractivity contribution < 1.29 is 23.1 Å². The third-order valence-corrected chi connectivity index (χ3v) is 4.21. The third kappa shape index (κ3) is 6.72. The molecule has 0 fully saturated rings. The number of amides is 1. The van der Waals surface area contributed by atoms with Crippen LogP contribution < -0.4 is 5.32 Å². The van der Waals surface area contributed by atoms with Crippen LogP contribution >= 0.6 is 23.4 Å². The Kier molecular flexibility index (Phi) is 7.21. The van der Waals surface area contributed by atoms with E-state index in [1.54, 1.807) is 24.3 Å². The topological polar surface area (TPSA) is 55.4 Å². The zero-order chi connectivity index (χ0) is 18.2. The predicted molar refractivity (Wildman–Crippen MR) is 92.7 cm³/mol.